The van der Waals surface area contributed by atoms with Crippen LogP contribution in [0.15, 0.2) is 29.3 Å². The fraction of sp³-hybridized carbons (Fsp3) is 0.533. The second-order valence-corrected chi connectivity index (χ2v) is 6.30. The molecule has 0 aliphatic carbocycles. The highest BCUT2D eigenvalue weighted by Crippen LogP contribution is 2.50. The SMILES string of the molecule is CC1(C)CC(c2ccc(Cl)cc2)=NC12CCCO2. The molecular weight excluding hydrogens is 246 g/mol. The predicted octanol–water partition coefficient (Wildman–Crippen LogP) is 4.07. The third kappa shape index (κ3) is 1.79. The number of rotatable bonds is 1. The standard InChI is InChI=1S/C15H18ClNO/c1-14(2)10-13(11-4-6-12(16)7-5-11)17-15(14)8-3-9-18-15/h4-7H,3,8-10H2,1-2H3. The molecule has 1 aromatic rings. The number of nitrogens with zero attached hydrogens (tertiary/aromatic N) is 1. The van der Waals surface area contributed by atoms with Gasteiger partial charge in [0.2, 0.25) is 0 Å². The first-order chi connectivity index (χ1) is 8.52. The number of halogens is 1. The highest BCUT2D eigenvalue weighted by atomic mass is 35.5. The highest BCUT2D eigenvalue weighted by Gasteiger charge is 2.53. The molecule has 1 saturated heterocycles. The van der Waals surface area contributed by atoms with E-state index in [0.717, 1.165) is 36.6 Å². The zero-order valence-corrected chi connectivity index (χ0v) is 11.6. The van der Waals surface area contributed by atoms with Crippen molar-refractivity contribution >= 4 is 17.3 Å². The van der Waals surface area contributed by atoms with Crippen LogP contribution in [0.5, 0.6) is 0 Å². The fourth-order valence-electron chi connectivity index (χ4n) is 3.02. The normalized spacial score (nSPS) is 29.8. The molecule has 2 nitrogen and oxygen atoms in total. The van der Waals surface area contributed by atoms with Crippen molar-refractivity contribution in [3.63, 3.8) is 0 Å². The predicted molar refractivity (Wildman–Crippen MR) is 74.3 cm³/mol. The van der Waals surface area contributed by atoms with Gasteiger partial charge in [-0.25, -0.2) is 0 Å². The minimum Gasteiger partial charge on any atom is -0.353 e. The van der Waals surface area contributed by atoms with Crippen LogP contribution in [0.25, 0.3) is 0 Å². The maximum absolute atomic E-state index is 5.98. The molecule has 0 bridgehead atoms. The molecule has 3 rings (SSSR count). The number of aliphatic imine (C=N–C) groups is 1. The van der Waals surface area contributed by atoms with E-state index in [1.54, 1.807) is 0 Å². The van der Waals surface area contributed by atoms with Crippen LogP contribution in [0, 0.1) is 5.41 Å². The van der Waals surface area contributed by atoms with Gasteiger partial charge in [0.25, 0.3) is 0 Å². The minimum absolute atomic E-state index is 0.0818. The van der Waals surface area contributed by atoms with E-state index in [9.17, 15) is 0 Å². The largest absolute Gasteiger partial charge is 0.353 e. The van der Waals surface area contributed by atoms with Crippen LogP contribution in [-0.4, -0.2) is 18.0 Å². The van der Waals surface area contributed by atoms with Crippen LogP contribution in [0.3, 0.4) is 0 Å². The molecule has 0 N–H and O–H groups in total. The molecule has 1 unspecified atom stereocenters. The zero-order chi connectivity index (χ0) is 12.8. The maximum Gasteiger partial charge on any atom is 0.164 e. The van der Waals surface area contributed by atoms with Crippen LogP contribution in [0.1, 0.15) is 38.7 Å². The molecule has 2 aliphatic rings. The number of ether oxygens (including phenoxy) is 1. The van der Waals surface area contributed by atoms with Gasteiger partial charge >= 0.3 is 0 Å². The van der Waals surface area contributed by atoms with Crippen molar-refractivity contribution in [2.24, 2.45) is 10.4 Å². The van der Waals surface area contributed by atoms with Crippen molar-refractivity contribution in [3.8, 4) is 0 Å². The molecule has 1 atom stereocenters. The van der Waals surface area contributed by atoms with Crippen molar-refractivity contribution in [2.45, 2.75) is 38.8 Å². The smallest absolute Gasteiger partial charge is 0.164 e. The first kappa shape index (κ1) is 12.2. The molecule has 3 heteroatoms. The van der Waals surface area contributed by atoms with E-state index in [1.807, 2.05) is 24.3 Å². The monoisotopic (exact) mass is 263 g/mol. The van der Waals surface area contributed by atoms with Crippen LogP contribution in [0.2, 0.25) is 5.02 Å². The summed E-state index contributed by atoms with van der Waals surface area (Å²) in [4.78, 5) is 4.92. The van der Waals surface area contributed by atoms with Gasteiger partial charge in [0.05, 0.1) is 0 Å². The lowest BCUT2D eigenvalue weighted by atomic mass is 9.78. The summed E-state index contributed by atoms with van der Waals surface area (Å²) in [6.07, 6.45) is 3.12. The second kappa shape index (κ2) is 4.07. The molecule has 1 fully saturated rings. The van der Waals surface area contributed by atoms with E-state index in [-0.39, 0.29) is 11.1 Å². The first-order valence-electron chi connectivity index (χ1n) is 6.51. The van der Waals surface area contributed by atoms with E-state index in [0.29, 0.717) is 0 Å². The average molecular weight is 264 g/mol. The summed E-state index contributed by atoms with van der Waals surface area (Å²) in [5.74, 6) is 0. The summed E-state index contributed by atoms with van der Waals surface area (Å²) >= 11 is 5.93. The van der Waals surface area contributed by atoms with E-state index < -0.39 is 0 Å². The van der Waals surface area contributed by atoms with Gasteiger partial charge in [0.15, 0.2) is 5.72 Å². The van der Waals surface area contributed by atoms with Gasteiger partial charge in [-0.05, 0) is 37.0 Å². The first-order valence-corrected chi connectivity index (χ1v) is 6.89. The lowest BCUT2D eigenvalue weighted by molar-refractivity contribution is -0.0654. The molecule has 0 radical (unpaired) electrons. The summed E-state index contributed by atoms with van der Waals surface area (Å²) in [5, 5.41) is 0.767. The van der Waals surface area contributed by atoms with Gasteiger partial charge in [-0.1, -0.05) is 37.6 Å². The Hall–Kier alpha value is -0.860. The summed E-state index contributed by atoms with van der Waals surface area (Å²) in [7, 11) is 0. The average Bonchev–Trinajstić information content (AvgIpc) is 2.88. The van der Waals surface area contributed by atoms with Crippen molar-refractivity contribution in [2.75, 3.05) is 6.61 Å². The minimum atomic E-state index is -0.290. The van der Waals surface area contributed by atoms with E-state index in [4.69, 9.17) is 21.3 Å². The van der Waals surface area contributed by atoms with Crippen molar-refractivity contribution in [1.82, 2.24) is 0 Å². The Morgan fingerprint density at radius 3 is 2.56 bits per heavy atom. The van der Waals surface area contributed by atoms with Crippen LogP contribution in [-0.2, 0) is 4.74 Å². The van der Waals surface area contributed by atoms with Crippen LogP contribution < -0.4 is 0 Å². The molecule has 2 aliphatic heterocycles. The fourth-order valence-corrected chi connectivity index (χ4v) is 3.15. The molecule has 96 valence electrons. The molecule has 18 heavy (non-hydrogen) atoms. The van der Waals surface area contributed by atoms with Crippen molar-refractivity contribution < 1.29 is 4.74 Å². The summed E-state index contributed by atoms with van der Waals surface area (Å²) in [6.45, 7) is 5.34. The summed E-state index contributed by atoms with van der Waals surface area (Å²) in [6, 6.07) is 7.94. The van der Waals surface area contributed by atoms with Gasteiger partial charge in [-0.2, -0.15) is 0 Å². The lowest BCUT2D eigenvalue weighted by Gasteiger charge is -2.34. The van der Waals surface area contributed by atoms with E-state index in [1.165, 1.54) is 5.56 Å². The Kier molecular flexibility index (Phi) is 2.76. The van der Waals surface area contributed by atoms with Gasteiger partial charge in [-0.15, -0.1) is 0 Å². The molecule has 1 spiro atoms. The molecule has 0 amide bonds. The molecule has 0 aromatic heterocycles. The number of hydrogen-bond acceptors (Lipinski definition) is 2. The Bertz CT molecular complexity index is 484. The van der Waals surface area contributed by atoms with E-state index >= 15 is 0 Å². The Morgan fingerprint density at radius 2 is 1.94 bits per heavy atom. The topological polar surface area (TPSA) is 21.6 Å². The second-order valence-electron chi connectivity index (χ2n) is 5.86. The van der Waals surface area contributed by atoms with Crippen molar-refractivity contribution in [1.29, 1.82) is 0 Å². The summed E-state index contributed by atoms with van der Waals surface area (Å²) in [5.41, 5.74) is 2.11. The third-order valence-electron chi connectivity index (χ3n) is 4.16. The van der Waals surface area contributed by atoms with Gasteiger partial charge < -0.3 is 4.74 Å². The maximum atomic E-state index is 5.98. The Labute approximate surface area is 113 Å². The molecule has 0 saturated carbocycles. The lowest BCUT2D eigenvalue weighted by Crippen LogP contribution is -2.38. The zero-order valence-electron chi connectivity index (χ0n) is 10.9. The van der Waals surface area contributed by atoms with Gasteiger partial charge in [-0.3, -0.25) is 4.99 Å². The Balaban J connectivity index is 1.97. The molecule has 2 heterocycles. The van der Waals surface area contributed by atoms with Crippen LogP contribution in [0.4, 0.5) is 0 Å². The molecule has 1 aromatic carbocycles. The Morgan fingerprint density at radius 1 is 1.22 bits per heavy atom. The third-order valence-corrected chi connectivity index (χ3v) is 4.41. The van der Waals surface area contributed by atoms with Crippen LogP contribution >= 0.6 is 11.6 Å². The quantitative estimate of drug-likeness (QED) is 0.749. The number of hydrogen-bond donors (Lipinski definition) is 0. The summed E-state index contributed by atoms with van der Waals surface area (Å²) < 4.78 is 5.98. The van der Waals surface area contributed by atoms with Crippen molar-refractivity contribution in [3.05, 3.63) is 34.9 Å². The van der Waals surface area contributed by atoms with Gasteiger partial charge in [0, 0.05) is 22.8 Å². The number of benzene rings is 1. The van der Waals surface area contributed by atoms with E-state index in [2.05, 4.69) is 13.8 Å². The van der Waals surface area contributed by atoms with Gasteiger partial charge in [0.1, 0.15) is 0 Å². The molecular formula is C15H18ClNO. The highest BCUT2D eigenvalue weighted by molar-refractivity contribution is 6.30.